The van der Waals surface area contributed by atoms with Crippen molar-refractivity contribution in [3.63, 3.8) is 0 Å². The summed E-state index contributed by atoms with van der Waals surface area (Å²) >= 11 is 6.51. The zero-order valence-electron chi connectivity index (χ0n) is 23.1. The van der Waals surface area contributed by atoms with Crippen LogP contribution in [0.5, 0.6) is 0 Å². The predicted molar refractivity (Wildman–Crippen MR) is 155 cm³/mol. The van der Waals surface area contributed by atoms with Gasteiger partial charge in [-0.1, -0.05) is 74.8 Å². The summed E-state index contributed by atoms with van der Waals surface area (Å²) in [4.78, 5) is 42.6. The third-order valence-corrected chi connectivity index (χ3v) is 7.86. The minimum absolute atomic E-state index is 0.142. The molecular formula is C32H35ClN2O5. The number of hydrogen-bond acceptors (Lipinski definition) is 4. The minimum Gasteiger partial charge on any atom is -0.481 e. The molecule has 1 unspecified atom stereocenters. The molecule has 7 nitrogen and oxygen atoms in total. The summed E-state index contributed by atoms with van der Waals surface area (Å²) in [6.45, 7) is 7.21. The van der Waals surface area contributed by atoms with Gasteiger partial charge in [-0.05, 0) is 52.8 Å². The van der Waals surface area contributed by atoms with Gasteiger partial charge in [0.1, 0.15) is 12.2 Å². The van der Waals surface area contributed by atoms with Crippen molar-refractivity contribution >= 4 is 45.8 Å². The number of nitrogens with zero attached hydrogens (tertiary/aromatic N) is 2. The Hall–Kier alpha value is -3.42. The van der Waals surface area contributed by atoms with Crippen molar-refractivity contribution in [3.8, 4) is 0 Å². The van der Waals surface area contributed by atoms with Crippen LogP contribution in [0.15, 0.2) is 60.7 Å². The van der Waals surface area contributed by atoms with Crippen molar-refractivity contribution < 1.29 is 24.2 Å². The van der Waals surface area contributed by atoms with E-state index in [1.54, 1.807) is 15.9 Å². The molecule has 0 radical (unpaired) electrons. The average Bonchev–Trinajstić information content (AvgIpc) is 3.02. The maximum atomic E-state index is 14.2. The SMILES string of the molecule is CC(C)(C)CN1C(=O)[C@H](CC(=O)N2CCCC(C(=O)O)C2)O[C@@H](c2cccc3ccccc23)c2cc(Cl)ccc21. The lowest BCUT2D eigenvalue weighted by molar-refractivity contribution is -0.148. The van der Waals surface area contributed by atoms with E-state index in [1.165, 1.54) is 0 Å². The highest BCUT2D eigenvalue weighted by atomic mass is 35.5. The molecule has 210 valence electrons. The van der Waals surface area contributed by atoms with Gasteiger partial charge in [-0.15, -0.1) is 0 Å². The van der Waals surface area contributed by atoms with E-state index in [0.29, 0.717) is 36.6 Å². The van der Waals surface area contributed by atoms with Gasteiger partial charge in [0.15, 0.2) is 0 Å². The third kappa shape index (κ3) is 5.86. The Morgan fingerprint density at radius 1 is 1.05 bits per heavy atom. The van der Waals surface area contributed by atoms with Crippen LogP contribution in [-0.4, -0.2) is 53.5 Å². The van der Waals surface area contributed by atoms with Crippen LogP contribution in [0.4, 0.5) is 5.69 Å². The number of rotatable bonds is 5. The van der Waals surface area contributed by atoms with E-state index < -0.39 is 24.1 Å². The van der Waals surface area contributed by atoms with E-state index >= 15 is 0 Å². The molecule has 1 N–H and O–H groups in total. The summed E-state index contributed by atoms with van der Waals surface area (Å²) < 4.78 is 6.67. The highest BCUT2D eigenvalue weighted by Gasteiger charge is 2.40. The van der Waals surface area contributed by atoms with Gasteiger partial charge in [-0.2, -0.15) is 0 Å². The molecule has 3 aromatic rings. The largest absolute Gasteiger partial charge is 0.481 e. The van der Waals surface area contributed by atoms with Gasteiger partial charge in [0.2, 0.25) is 5.91 Å². The number of anilines is 1. The molecule has 1 saturated heterocycles. The lowest BCUT2D eigenvalue weighted by atomic mass is 9.93. The highest BCUT2D eigenvalue weighted by molar-refractivity contribution is 6.30. The maximum absolute atomic E-state index is 14.2. The summed E-state index contributed by atoms with van der Waals surface area (Å²) in [5.41, 5.74) is 2.12. The number of halogens is 1. The normalized spacial score (nSPS) is 21.7. The number of piperidine rings is 1. The first-order valence-electron chi connectivity index (χ1n) is 13.8. The Kier molecular flexibility index (Phi) is 7.89. The molecule has 8 heteroatoms. The molecule has 5 rings (SSSR count). The maximum Gasteiger partial charge on any atom is 0.308 e. The zero-order valence-corrected chi connectivity index (χ0v) is 23.9. The molecule has 2 aliphatic heterocycles. The van der Waals surface area contributed by atoms with Gasteiger partial charge < -0.3 is 19.6 Å². The van der Waals surface area contributed by atoms with Crippen LogP contribution in [0, 0.1) is 11.3 Å². The van der Waals surface area contributed by atoms with Crippen molar-refractivity contribution in [2.24, 2.45) is 11.3 Å². The molecule has 40 heavy (non-hydrogen) atoms. The van der Waals surface area contributed by atoms with Crippen molar-refractivity contribution in [3.05, 3.63) is 76.8 Å². The molecule has 0 bridgehead atoms. The fraction of sp³-hybridized carbons (Fsp3) is 0.406. The summed E-state index contributed by atoms with van der Waals surface area (Å²) in [7, 11) is 0. The Labute approximate surface area is 239 Å². The van der Waals surface area contributed by atoms with Crippen LogP contribution >= 0.6 is 11.6 Å². The molecule has 0 aliphatic carbocycles. The number of hydrogen-bond donors (Lipinski definition) is 1. The predicted octanol–water partition coefficient (Wildman–Crippen LogP) is 6.07. The van der Waals surface area contributed by atoms with Crippen LogP contribution in [-0.2, 0) is 19.1 Å². The summed E-state index contributed by atoms with van der Waals surface area (Å²) in [5.74, 6) is -2.07. The standard InChI is InChI=1S/C32H35ClN2O5/c1-32(2,3)19-35-26-14-13-22(33)16-25(26)29(24-12-6-9-20-8-4-5-11-23(20)24)40-27(30(35)37)17-28(36)34-15-7-10-21(18-34)31(38)39/h4-6,8-9,11-14,16,21,27,29H,7,10,15,17-19H2,1-3H3,(H,38,39)/t21?,27-,29-/m0/s1. The topological polar surface area (TPSA) is 87.2 Å². The van der Waals surface area contributed by atoms with E-state index in [0.717, 1.165) is 21.9 Å². The second-order valence-electron chi connectivity index (χ2n) is 12.0. The quantitative estimate of drug-likeness (QED) is 0.407. The van der Waals surface area contributed by atoms with Crippen LogP contribution in [0.2, 0.25) is 5.02 Å². The fourth-order valence-corrected chi connectivity index (χ4v) is 5.94. The van der Waals surface area contributed by atoms with Gasteiger partial charge >= 0.3 is 5.97 Å². The van der Waals surface area contributed by atoms with Crippen LogP contribution in [0.3, 0.4) is 0 Å². The van der Waals surface area contributed by atoms with Gasteiger partial charge in [0, 0.05) is 35.9 Å². The number of likely N-dealkylation sites (tertiary alicyclic amines) is 1. The first-order chi connectivity index (χ1) is 19.0. The van der Waals surface area contributed by atoms with E-state index in [-0.39, 0.29) is 30.2 Å². The molecule has 0 spiro atoms. The average molecular weight is 563 g/mol. The smallest absolute Gasteiger partial charge is 0.308 e. The molecule has 0 aromatic heterocycles. The Balaban J connectivity index is 1.59. The summed E-state index contributed by atoms with van der Waals surface area (Å²) in [5, 5.41) is 12.1. The number of carboxylic acids is 1. The molecule has 1 fully saturated rings. The number of aliphatic carboxylic acids is 1. The van der Waals surface area contributed by atoms with Crippen LogP contribution < -0.4 is 4.90 Å². The zero-order chi connectivity index (χ0) is 28.6. The molecule has 0 saturated carbocycles. The van der Waals surface area contributed by atoms with Gasteiger partial charge in [0.05, 0.1) is 12.3 Å². The van der Waals surface area contributed by atoms with E-state index in [4.69, 9.17) is 16.3 Å². The number of ether oxygens (including phenoxy) is 1. The van der Waals surface area contributed by atoms with E-state index in [9.17, 15) is 19.5 Å². The van der Waals surface area contributed by atoms with Crippen LogP contribution in [0.1, 0.15) is 57.3 Å². The summed E-state index contributed by atoms with van der Waals surface area (Å²) in [6.07, 6.45) is -0.735. The Morgan fingerprint density at radius 2 is 1.80 bits per heavy atom. The lowest BCUT2D eigenvalue weighted by Gasteiger charge is -2.33. The molecular weight excluding hydrogens is 528 g/mol. The number of amides is 2. The van der Waals surface area contributed by atoms with Crippen LogP contribution in [0.25, 0.3) is 10.8 Å². The molecule has 2 amide bonds. The molecule has 2 aliphatic rings. The number of benzene rings is 3. The van der Waals surface area contributed by atoms with Gasteiger partial charge in [0.25, 0.3) is 5.91 Å². The second kappa shape index (κ2) is 11.2. The molecule has 3 atom stereocenters. The Bertz CT molecular complexity index is 1440. The highest BCUT2D eigenvalue weighted by Crippen LogP contribution is 2.43. The minimum atomic E-state index is -1.06. The van der Waals surface area contributed by atoms with E-state index in [2.05, 4.69) is 20.8 Å². The Morgan fingerprint density at radius 3 is 2.55 bits per heavy atom. The van der Waals surface area contributed by atoms with Crippen molar-refractivity contribution in [2.75, 3.05) is 24.5 Å². The lowest BCUT2D eigenvalue weighted by Crippen LogP contribution is -2.47. The second-order valence-corrected chi connectivity index (χ2v) is 12.4. The number of carboxylic acid groups (broad SMARTS) is 1. The first kappa shape index (κ1) is 28.1. The fourth-order valence-electron chi connectivity index (χ4n) is 5.76. The third-order valence-electron chi connectivity index (χ3n) is 7.63. The summed E-state index contributed by atoms with van der Waals surface area (Å²) in [6, 6.07) is 19.5. The van der Waals surface area contributed by atoms with Crippen molar-refractivity contribution in [1.82, 2.24) is 4.90 Å². The van der Waals surface area contributed by atoms with Crippen molar-refractivity contribution in [2.45, 2.75) is 52.2 Å². The number of fused-ring (bicyclic) bond motifs is 2. The van der Waals surface area contributed by atoms with Gasteiger partial charge in [-0.25, -0.2) is 0 Å². The van der Waals surface area contributed by atoms with Crippen molar-refractivity contribution in [1.29, 1.82) is 0 Å². The number of carbonyl (C=O) groups is 3. The molecule has 2 heterocycles. The monoisotopic (exact) mass is 562 g/mol. The first-order valence-corrected chi connectivity index (χ1v) is 14.1. The molecule has 3 aromatic carbocycles. The van der Waals surface area contributed by atoms with E-state index in [1.807, 2.05) is 54.6 Å². The van der Waals surface area contributed by atoms with Gasteiger partial charge in [-0.3, -0.25) is 14.4 Å². The number of carbonyl (C=O) groups excluding carboxylic acids is 2.